The molecule has 0 spiro atoms. The lowest BCUT2D eigenvalue weighted by Crippen LogP contribution is -2.49. The Morgan fingerprint density at radius 1 is 1.29 bits per heavy atom. The van der Waals surface area contributed by atoms with Crippen molar-refractivity contribution in [3.05, 3.63) is 23.9 Å². The summed E-state index contributed by atoms with van der Waals surface area (Å²) in [6, 6.07) is 4.36. The fourth-order valence-corrected chi connectivity index (χ4v) is 3.48. The monoisotopic (exact) mass is 332 g/mol. The van der Waals surface area contributed by atoms with E-state index in [2.05, 4.69) is 27.0 Å². The Kier molecular flexibility index (Phi) is 6.04. The lowest BCUT2D eigenvalue weighted by atomic mass is 10.0. The second-order valence-electron chi connectivity index (χ2n) is 6.53. The molecule has 1 amide bonds. The molecule has 24 heavy (non-hydrogen) atoms. The summed E-state index contributed by atoms with van der Waals surface area (Å²) in [5.41, 5.74) is 0.698. The van der Waals surface area contributed by atoms with Gasteiger partial charge in [-0.05, 0) is 31.4 Å². The van der Waals surface area contributed by atoms with Gasteiger partial charge in [-0.1, -0.05) is 6.92 Å². The van der Waals surface area contributed by atoms with Crippen LogP contribution in [0.1, 0.15) is 36.5 Å². The molecule has 2 fully saturated rings. The molecule has 6 nitrogen and oxygen atoms in total. The molecule has 0 bridgehead atoms. The maximum Gasteiger partial charge on any atom is 0.251 e. The number of carbonyl (C=O) groups is 1. The van der Waals surface area contributed by atoms with Gasteiger partial charge in [-0.2, -0.15) is 0 Å². The molecule has 2 aliphatic heterocycles. The van der Waals surface area contributed by atoms with Crippen LogP contribution in [-0.2, 0) is 4.74 Å². The van der Waals surface area contributed by atoms with Gasteiger partial charge in [0.1, 0.15) is 5.82 Å². The highest BCUT2D eigenvalue weighted by atomic mass is 16.5. The molecule has 3 heterocycles. The first-order valence-corrected chi connectivity index (χ1v) is 9.09. The molecule has 3 rings (SSSR count). The van der Waals surface area contributed by atoms with Crippen LogP contribution in [0, 0.1) is 0 Å². The number of piperidine rings is 1. The highest BCUT2D eigenvalue weighted by Gasteiger charge is 2.26. The molecule has 6 heteroatoms. The van der Waals surface area contributed by atoms with Gasteiger partial charge >= 0.3 is 0 Å². The number of hydrogen-bond donors (Lipinski definition) is 1. The summed E-state index contributed by atoms with van der Waals surface area (Å²) in [5, 5.41) is 2.93. The van der Waals surface area contributed by atoms with Crippen LogP contribution in [0.15, 0.2) is 18.3 Å². The summed E-state index contributed by atoms with van der Waals surface area (Å²) in [4.78, 5) is 21.5. The van der Waals surface area contributed by atoms with Gasteiger partial charge in [-0.3, -0.25) is 9.69 Å². The average molecular weight is 332 g/mol. The van der Waals surface area contributed by atoms with Crippen LogP contribution in [-0.4, -0.2) is 67.8 Å². The van der Waals surface area contributed by atoms with Crippen LogP contribution in [0.2, 0.25) is 0 Å². The second kappa shape index (κ2) is 8.44. The highest BCUT2D eigenvalue weighted by Crippen LogP contribution is 2.22. The Labute approximate surface area is 144 Å². The van der Waals surface area contributed by atoms with Gasteiger partial charge in [-0.15, -0.1) is 0 Å². The van der Waals surface area contributed by atoms with E-state index < -0.39 is 0 Å². The van der Waals surface area contributed by atoms with E-state index in [0.717, 1.165) is 64.5 Å². The summed E-state index contributed by atoms with van der Waals surface area (Å²) in [6.45, 7) is 8.57. The summed E-state index contributed by atoms with van der Waals surface area (Å²) in [7, 11) is 0. The minimum atomic E-state index is -0.0105. The summed E-state index contributed by atoms with van der Waals surface area (Å²) in [5.74, 6) is 0.906. The number of carbonyl (C=O) groups excluding carboxylic acids is 1. The van der Waals surface area contributed by atoms with Crippen molar-refractivity contribution < 1.29 is 9.53 Å². The molecular formula is C18H28N4O2. The first-order valence-electron chi connectivity index (χ1n) is 9.09. The molecule has 1 N–H and O–H groups in total. The fraction of sp³-hybridized carbons (Fsp3) is 0.667. The third-order valence-electron chi connectivity index (χ3n) is 4.89. The zero-order valence-electron chi connectivity index (χ0n) is 14.5. The Bertz CT molecular complexity index is 538. The largest absolute Gasteiger partial charge is 0.379 e. The number of anilines is 1. The number of pyridine rings is 1. The number of rotatable bonds is 5. The molecule has 2 saturated heterocycles. The Balaban J connectivity index is 1.56. The van der Waals surface area contributed by atoms with E-state index in [1.54, 1.807) is 12.3 Å². The maximum absolute atomic E-state index is 12.1. The van der Waals surface area contributed by atoms with E-state index in [-0.39, 0.29) is 5.91 Å². The molecule has 0 unspecified atom stereocenters. The molecule has 1 aromatic rings. The molecular weight excluding hydrogens is 304 g/mol. The predicted molar refractivity (Wildman–Crippen MR) is 94.5 cm³/mol. The van der Waals surface area contributed by atoms with Gasteiger partial charge in [0.05, 0.1) is 13.2 Å². The van der Waals surface area contributed by atoms with Crippen molar-refractivity contribution in [1.29, 1.82) is 0 Å². The van der Waals surface area contributed by atoms with Gasteiger partial charge in [0.15, 0.2) is 0 Å². The van der Waals surface area contributed by atoms with Crippen molar-refractivity contribution in [2.45, 2.75) is 32.2 Å². The van der Waals surface area contributed by atoms with Crippen LogP contribution in [0.5, 0.6) is 0 Å². The number of amides is 1. The average Bonchev–Trinajstić information content (AvgIpc) is 2.67. The maximum atomic E-state index is 12.1. The van der Waals surface area contributed by atoms with Gasteiger partial charge < -0.3 is 15.0 Å². The molecule has 2 aliphatic rings. The Hall–Kier alpha value is -1.66. The zero-order chi connectivity index (χ0) is 16.8. The SMILES string of the molecule is CCCNC(=O)c1ccnc(N2CCC(N3CCOCC3)CC2)c1. The Morgan fingerprint density at radius 3 is 2.75 bits per heavy atom. The highest BCUT2D eigenvalue weighted by molar-refractivity contribution is 5.94. The number of nitrogens with one attached hydrogen (secondary N) is 1. The fourth-order valence-electron chi connectivity index (χ4n) is 3.48. The van der Waals surface area contributed by atoms with E-state index in [0.29, 0.717) is 18.2 Å². The third kappa shape index (κ3) is 4.24. The number of morpholine rings is 1. The summed E-state index contributed by atoms with van der Waals surface area (Å²) < 4.78 is 5.44. The molecule has 0 saturated carbocycles. The van der Waals surface area contributed by atoms with Crippen LogP contribution >= 0.6 is 0 Å². The predicted octanol–water partition coefficient (Wildman–Crippen LogP) is 1.52. The van der Waals surface area contributed by atoms with E-state index in [4.69, 9.17) is 4.74 Å². The summed E-state index contributed by atoms with van der Waals surface area (Å²) in [6.07, 6.45) is 4.98. The van der Waals surface area contributed by atoms with E-state index in [9.17, 15) is 4.79 Å². The first kappa shape index (κ1) is 17.2. The second-order valence-corrected chi connectivity index (χ2v) is 6.53. The summed E-state index contributed by atoms with van der Waals surface area (Å²) >= 11 is 0. The lowest BCUT2D eigenvalue weighted by molar-refractivity contribution is 0.0115. The molecule has 0 radical (unpaired) electrons. The van der Waals surface area contributed by atoms with Crippen molar-refractivity contribution in [3.8, 4) is 0 Å². The van der Waals surface area contributed by atoms with Gasteiger partial charge in [-0.25, -0.2) is 4.98 Å². The number of aromatic nitrogens is 1. The van der Waals surface area contributed by atoms with Gasteiger partial charge in [0, 0.05) is 50.5 Å². The lowest BCUT2D eigenvalue weighted by Gasteiger charge is -2.40. The molecule has 0 aromatic carbocycles. The molecule has 0 atom stereocenters. The minimum absolute atomic E-state index is 0.0105. The van der Waals surface area contributed by atoms with Crippen molar-refractivity contribution in [2.75, 3.05) is 50.8 Å². The van der Waals surface area contributed by atoms with Crippen LogP contribution in [0.25, 0.3) is 0 Å². The normalized spacial score (nSPS) is 20.1. The molecule has 0 aliphatic carbocycles. The quantitative estimate of drug-likeness (QED) is 0.886. The number of nitrogens with zero attached hydrogens (tertiary/aromatic N) is 3. The topological polar surface area (TPSA) is 57.7 Å². The van der Waals surface area contributed by atoms with E-state index in [1.165, 1.54) is 0 Å². The van der Waals surface area contributed by atoms with E-state index >= 15 is 0 Å². The first-order chi connectivity index (χ1) is 11.8. The van der Waals surface area contributed by atoms with Gasteiger partial charge in [0.25, 0.3) is 5.91 Å². The van der Waals surface area contributed by atoms with Crippen molar-refractivity contribution >= 4 is 11.7 Å². The zero-order valence-corrected chi connectivity index (χ0v) is 14.5. The number of ether oxygens (including phenoxy) is 1. The molecule has 1 aromatic heterocycles. The van der Waals surface area contributed by atoms with Crippen molar-refractivity contribution in [3.63, 3.8) is 0 Å². The standard InChI is InChI=1S/C18H28N4O2/c1-2-6-20-18(23)15-3-7-19-17(14-15)22-8-4-16(5-9-22)21-10-12-24-13-11-21/h3,7,14,16H,2,4-6,8-13H2,1H3,(H,20,23). The van der Waals surface area contributed by atoms with Crippen LogP contribution < -0.4 is 10.2 Å². The van der Waals surface area contributed by atoms with Crippen molar-refractivity contribution in [1.82, 2.24) is 15.2 Å². The van der Waals surface area contributed by atoms with Crippen LogP contribution in [0.3, 0.4) is 0 Å². The third-order valence-corrected chi connectivity index (χ3v) is 4.89. The van der Waals surface area contributed by atoms with E-state index in [1.807, 2.05) is 6.07 Å². The van der Waals surface area contributed by atoms with Crippen molar-refractivity contribution in [2.24, 2.45) is 0 Å². The van der Waals surface area contributed by atoms with Gasteiger partial charge in [0.2, 0.25) is 0 Å². The molecule has 132 valence electrons. The minimum Gasteiger partial charge on any atom is -0.379 e. The number of hydrogen-bond acceptors (Lipinski definition) is 5. The van der Waals surface area contributed by atoms with Crippen LogP contribution in [0.4, 0.5) is 5.82 Å². The smallest absolute Gasteiger partial charge is 0.251 e. The Morgan fingerprint density at radius 2 is 2.04 bits per heavy atom.